The van der Waals surface area contributed by atoms with Crippen molar-refractivity contribution in [3.63, 3.8) is 0 Å². The highest BCUT2D eigenvalue weighted by atomic mass is 19.2. The van der Waals surface area contributed by atoms with Gasteiger partial charge in [0, 0.05) is 42.3 Å². The molecular formula is C21H19F3N6O. The third-order valence-electron chi connectivity index (χ3n) is 5.28. The van der Waals surface area contributed by atoms with Crippen molar-refractivity contribution >= 4 is 23.0 Å². The van der Waals surface area contributed by atoms with Gasteiger partial charge in [0.05, 0.1) is 18.5 Å². The van der Waals surface area contributed by atoms with E-state index in [0.29, 0.717) is 22.5 Å². The summed E-state index contributed by atoms with van der Waals surface area (Å²) in [5.41, 5.74) is 2.65. The molecule has 2 aromatic heterocycles. The predicted octanol–water partition coefficient (Wildman–Crippen LogP) is 2.95. The Labute approximate surface area is 175 Å². The van der Waals surface area contributed by atoms with E-state index >= 15 is 0 Å². The summed E-state index contributed by atoms with van der Waals surface area (Å²) >= 11 is 0. The third kappa shape index (κ3) is 3.54. The largest absolute Gasteiger partial charge is 0.387 e. The van der Waals surface area contributed by atoms with Crippen molar-refractivity contribution in [1.82, 2.24) is 24.8 Å². The second-order valence-corrected chi connectivity index (χ2v) is 7.19. The molecule has 1 aliphatic rings. The van der Waals surface area contributed by atoms with Crippen LogP contribution in [0.1, 0.15) is 28.0 Å². The number of carbonyl (C=O) groups is 1. The molecule has 0 aliphatic carbocycles. The highest BCUT2D eigenvalue weighted by Crippen LogP contribution is 2.26. The van der Waals surface area contributed by atoms with Gasteiger partial charge in [-0.05, 0) is 31.5 Å². The first-order chi connectivity index (χ1) is 14.8. The molecule has 0 radical (unpaired) electrons. The van der Waals surface area contributed by atoms with Crippen LogP contribution in [0.3, 0.4) is 0 Å². The van der Waals surface area contributed by atoms with Gasteiger partial charge in [0.1, 0.15) is 5.56 Å². The van der Waals surface area contributed by atoms with Gasteiger partial charge in [-0.25, -0.2) is 22.7 Å². The molecule has 160 valence electrons. The second kappa shape index (κ2) is 7.86. The minimum absolute atomic E-state index is 0.00859. The van der Waals surface area contributed by atoms with Crippen LogP contribution in [0.25, 0.3) is 11.3 Å². The number of hydrogen-bond acceptors (Lipinski definition) is 5. The summed E-state index contributed by atoms with van der Waals surface area (Å²) in [5, 5.41) is 15.5. The zero-order valence-electron chi connectivity index (χ0n) is 16.8. The third-order valence-corrected chi connectivity index (χ3v) is 5.28. The van der Waals surface area contributed by atoms with Gasteiger partial charge >= 0.3 is 0 Å². The summed E-state index contributed by atoms with van der Waals surface area (Å²) in [5.74, 6) is -4.46. The number of nitrogens with zero attached hydrogens (tertiary/aromatic N) is 4. The molecule has 10 heteroatoms. The van der Waals surface area contributed by atoms with E-state index in [0.717, 1.165) is 17.8 Å². The second-order valence-electron chi connectivity index (χ2n) is 7.19. The van der Waals surface area contributed by atoms with Crippen molar-refractivity contribution in [2.45, 2.75) is 13.3 Å². The van der Waals surface area contributed by atoms with Crippen molar-refractivity contribution in [2.24, 2.45) is 0 Å². The smallest absolute Gasteiger partial charge is 0.259 e. The van der Waals surface area contributed by atoms with Crippen molar-refractivity contribution in [2.75, 3.05) is 20.1 Å². The van der Waals surface area contributed by atoms with E-state index in [9.17, 15) is 18.0 Å². The topological polar surface area (TPSA) is 86.4 Å². The van der Waals surface area contributed by atoms with Crippen LogP contribution in [-0.4, -0.2) is 51.3 Å². The Balaban J connectivity index is 1.62. The van der Waals surface area contributed by atoms with Gasteiger partial charge in [0.15, 0.2) is 23.1 Å². The predicted molar refractivity (Wildman–Crippen MR) is 108 cm³/mol. The molecule has 1 saturated heterocycles. The Hall–Kier alpha value is -3.69. The summed E-state index contributed by atoms with van der Waals surface area (Å²) in [6, 6.07) is 3.55. The summed E-state index contributed by atoms with van der Waals surface area (Å²) in [4.78, 5) is 18.8. The van der Waals surface area contributed by atoms with Gasteiger partial charge in [0.2, 0.25) is 0 Å². The Morgan fingerprint density at radius 2 is 1.94 bits per heavy atom. The van der Waals surface area contributed by atoms with E-state index in [1.807, 2.05) is 6.92 Å². The number of nitrogens with one attached hydrogen (secondary N) is 2. The van der Waals surface area contributed by atoms with Crippen LogP contribution >= 0.6 is 0 Å². The molecule has 1 amide bonds. The van der Waals surface area contributed by atoms with Gasteiger partial charge in [0.25, 0.3) is 5.91 Å². The Morgan fingerprint density at radius 1 is 1.23 bits per heavy atom. The maximum absolute atomic E-state index is 13.7. The molecule has 0 bridgehead atoms. The molecule has 1 fully saturated rings. The average Bonchev–Trinajstić information content (AvgIpc) is 3.18. The molecule has 3 heterocycles. The maximum Gasteiger partial charge on any atom is 0.259 e. The zero-order valence-corrected chi connectivity index (χ0v) is 16.8. The van der Waals surface area contributed by atoms with Crippen LogP contribution in [0.2, 0.25) is 0 Å². The molecule has 4 rings (SSSR count). The normalized spacial score (nSPS) is 16.0. The van der Waals surface area contributed by atoms with Crippen LogP contribution in [0.4, 0.5) is 13.2 Å². The summed E-state index contributed by atoms with van der Waals surface area (Å²) in [6.45, 7) is 2.15. The summed E-state index contributed by atoms with van der Waals surface area (Å²) in [7, 11) is 1.55. The fourth-order valence-electron chi connectivity index (χ4n) is 3.71. The molecule has 3 aromatic rings. The lowest BCUT2D eigenvalue weighted by molar-refractivity contribution is 0.0777. The first-order valence-electron chi connectivity index (χ1n) is 9.54. The summed E-state index contributed by atoms with van der Waals surface area (Å²) < 4.78 is 42.3. The summed E-state index contributed by atoms with van der Waals surface area (Å²) in [6.07, 6.45) is 3.34. The first-order valence-corrected chi connectivity index (χ1v) is 9.54. The lowest BCUT2D eigenvalue weighted by Crippen LogP contribution is -2.41. The highest BCUT2D eigenvalue weighted by Gasteiger charge is 2.28. The number of rotatable bonds is 3. The van der Waals surface area contributed by atoms with Crippen molar-refractivity contribution in [3.05, 3.63) is 70.4 Å². The van der Waals surface area contributed by atoms with Gasteiger partial charge in [-0.15, -0.1) is 0 Å². The standard InChI is InChI=1S/C21H19F3N6O/c1-11-3-5-27-20-14(9-28-30(11)20)21(31)29-6-4-13(17(25)10-29)19(26-2)12-7-15(22)18(24)16(23)8-12/h3,5,7-9,25-26H,4,6,10H2,1-2H3/b19-13-,25-17?. The van der Waals surface area contributed by atoms with E-state index in [4.69, 9.17) is 5.41 Å². The Bertz CT molecular complexity index is 1230. The maximum atomic E-state index is 13.7. The van der Waals surface area contributed by atoms with E-state index < -0.39 is 17.5 Å². The molecule has 0 atom stereocenters. The number of aromatic nitrogens is 3. The Morgan fingerprint density at radius 3 is 2.58 bits per heavy atom. The highest BCUT2D eigenvalue weighted by molar-refractivity contribution is 6.09. The van der Waals surface area contributed by atoms with Crippen LogP contribution < -0.4 is 5.32 Å². The number of piperidine rings is 1. The van der Waals surface area contributed by atoms with Gasteiger partial charge in [-0.2, -0.15) is 5.10 Å². The SMILES string of the molecule is CN/C(=C1/CCN(C(=O)c2cnn3c(C)ccnc23)CC1=N)c1cc(F)c(F)c(F)c1. The molecule has 1 aliphatic heterocycles. The van der Waals surface area contributed by atoms with Gasteiger partial charge in [-0.1, -0.05) is 0 Å². The number of benzene rings is 1. The van der Waals surface area contributed by atoms with E-state index in [2.05, 4.69) is 15.4 Å². The lowest BCUT2D eigenvalue weighted by Gasteiger charge is -2.30. The molecular weight excluding hydrogens is 409 g/mol. The van der Waals surface area contributed by atoms with Crippen molar-refractivity contribution < 1.29 is 18.0 Å². The molecule has 0 spiro atoms. The van der Waals surface area contributed by atoms with Crippen molar-refractivity contribution in [1.29, 1.82) is 5.41 Å². The van der Waals surface area contributed by atoms with Crippen LogP contribution in [0, 0.1) is 29.8 Å². The minimum atomic E-state index is -1.54. The van der Waals surface area contributed by atoms with E-state index in [-0.39, 0.29) is 36.7 Å². The molecule has 31 heavy (non-hydrogen) atoms. The average molecular weight is 428 g/mol. The van der Waals surface area contributed by atoms with E-state index in [1.54, 1.807) is 23.8 Å². The van der Waals surface area contributed by atoms with E-state index in [1.165, 1.54) is 11.1 Å². The van der Waals surface area contributed by atoms with Crippen molar-refractivity contribution in [3.8, 4) is 0 Å². The van der Waals surface area contributed by atoms with Crippen LogP contribution in [0.5, 0.6) is 0 Å². The number of likely N-dealkylation sites (tertiary alicyclic amines) is 1. The minimum Gasteiger partial charge on any atom is -0.387 e. The fourth-order valence-corrected chi connectivity index (χ4v) is 3.71. The fraction of sp³-hybridized carbons (Fsp3) is 0.238. The Kier molecular flexibility index (Phi) is 5.22. The molecule has 1 aromatic carbocycles. The molecule has 2 N–H and O–H groups in total. The first kappa shape index (κ1) is 20.6. The lowest BCUT2D eigenvalue weighted by atomic mass is 9.95. The number of carbonyl (C=O) groups excluding carboxylic acids is 1. The van der Waals surface area contributed by atoms with Crippen LogP contribution in [0.15, 0.2) is 36.2 Å². The zero-order chi connectivity index (χ0) is 22.3. The quantitative estimate of drug-likeness (QED) is 0.628. The van der Waals surface area contributed by atoms with Gasteiger partial charge < -0.3 is 15.6 Å². The number of hydrogen-bond donors (Lipinski definition) is 2. The number of amides is 1. The molecule has 0 unspecified atom stereocenters. The number of fused-ring (bicyclic) bond motifs is 1. The molecule has 0 saturated carbocycles. The molecule has 7 nitrogen and oxygen atoms in total. The number of aryl methyl sites for hydroxylation is 1. The van der Waals surface area contributed by atoms with Gasteiger partial charge in [-0.3, -0.25) is 4.79 Å². The van der Waals surface area contributed by atoms with Crippen LogP contribution in [-0.2, 0) is 0 Å². The monoisotopic (exact) mass is 428 g/mol. The number of halogens is 3.